The Kier molecular flexibility index (Phi) is 4.16. The third-order valence-corrected chi connectivity index (χ3v) is 7.00. The monoisotopic (exact) mass is 338 g/mol. The number of hydrogen-bond acceptors (Lipinski definition) is 6. The lowest BCUT2D eigenvalue weighted by atomic mass is 10.1. The molecule has 0 radical (unpaired) electrons. The van der Waals surface area contributed by atoms with Gasteiger partial charge in [-0.15, -0.1) is 11.3 Å². The zero-order valence-electron chi connectivity index (χ0n) is 12.5. The van der Waals surface area contributed by atoms with Gasteiger partial charge < -0.3 is 5.32 Å². The Hall–Kier alpha value is -1.51. The van der Waals surface area contributed by atoms with Gasteiger partial charge in [-0.3, -0.25) is 0 Å². The maximum Gasteiger partial charge on any atom is 0.253 e. The molecule has 1 aliphatic rings. The first-order valence-electron chi connectivity index (χ1n) is 7.11. The fraction of sp³-hybridized carbons (Fsp3) is 0.429. The lowest BCUT2D eigenvalue weighted by Crippen LogP contribution is -2.30. The smallest absolute Gasteiger partial charge is 0.253 e. The van der Waals surface area contributed by atoms with Crippen molar-refractivity contribution in [2.24, 2.45) is 0 Å². The Labute approximate surface area is 134 Å². The summed E-state index contributed by atoms with van der Waals surface area (Å²) < 4.78 is 27.5. The van der Waals surface area contributed by atoms with E-state index in [-0.39, 0.29) is 6.04 Å². The molecule has 1 atom stereocenters. The van der Waals surface area contributed by atoms with E-state index in [2.05, 4.69) is 15.3 Å². The highest BCUT2D eigenvalue weighted by molar-refractivity contribution is 7.91. The van der Waals surface area contributed by atoms with Gasteiger partial charge in [0, 0.05) is 19.7 Å². The highest BCUT2D eigenvalue weighted by Crippen LogP contribution is 2.37. The molecule has 0 aromatic carbocycles. The van der Waals surface area contributed by atoms with Crippen molar-refractivity contribution in [3.63, 3.8) is 0 Å². The van der Waals surface area contributed by atoms with Crippen molar-refractivity contribution >= 4 is 27.2 Å². The van der Waals surface area contributed by atoms with Crippen LogP contribution in [0.25, 0.3) is 0 Å². The summed E-state index contributed by atoms with van der Waals surface area (Å²) >= 11 is 1.25. The number of rotatable bonds is 4. The maximum absolute atomic E-state index is 12.8. The molecule has 3 rings (SSSR count). The van der Waals surface area contributed by atoms with Crippen LogP contribution in [0.4, 0.5) is 5.82 Å². The summed E-state index contributed by atoms with van der Waals surface area (Å²) in [4.78, 5) is 8.73. The largest absolute Gasteiger partial charge is 0.373 e. The van der Waals surface area contributed by atoms with Crippen LogP contribution in [0.3, 0.4) is 0 Å². The van der Waals surface area contributed by atoms with Crippen LogP contribution >= 0.6 is 11.3 Å². The summed E-state index contributed by atoms with van der Waals surface area (Å²) in [5.41, 5.74) is 0.759. The number of hydrogen-bond donors (Lipinski definition) is 1. The van der Waals surface area contributed by atoms with Crippen molar-refractivity contribution < 1.29 is 8.42 Å². The molecular weight excluding hydrogens is 320 g/mol. The molecule has 2 aromatic heterocycles. The Morgan fingerprint density at radius 3 is 2.91 bits per heavy atom. The number of aromatic nitrogens is 2. The lowest BCUT2D eigenvalue weighted by molar-refractivity contribution is 0.391. The highest BCUT2D eigenvalue weighted by Gasteiger charge is 2.37. The molecule has 1 aliphatic heterocycles. The van der Waals surface area contributed by atoms with Crippen molar-refractivity contribution in [1.82, 2.24) is 14.3 Å². The summed E-state index contributed by atoms with van der Waals surface area (Å²) in [6, 6.07) is 5.02. The standard InChI is InChI=1S/C14H18N4O2S2/c1-10-16-11(9-13(15-2)17-10)12-5-3-7-18(12)22(19,20)14-6-4-8-21-14/h4,6,8-9,12H,3,5,7H2,1-2H3,(H,15,16,17). The lowest BCUT2D eigenvalue weighted by Gasteiger charge is -2.23. The summed E-state index contributed by atoms with van der Waals surface area (Å²) in [6.45, 7) is 2.35. The fourth-order valence-corrected chi connectivity index (χ4v) is 5.53. The van der Waals surface area contributed by atoms with Gasteiger partial charge in [-0.05, 0) is 31.2 Å². The zero-order chi connectivity index (χ0) is 15.7. The summed E-state index contributed by atoms with van der Waals surface area (Å²) in [5.74, 6) is 1.35. The zero-order valence-corrected chi connectivity index (χ0v) is 14.1. The Balaban J connectivity index is 1.99. The molecule has 1 fully saturated rings. The molecule has 1 unspecified atom stereocenters. The molecular formula is C14H18N4O2S2. The normalized spacial score (nSPS) is 19.5. The van der Waals surface area contributed by atoms with Crippen LogP contribution in [-0.2, 0) is 10.0 Å². The van der Waals surface area contributed by atoms with Crippen LogP contribution in [0.1, 0.15) is 30.4 Å². The third-order valence-electron chi connectivity index (χ3n) is 3.72. The van der Waals surface area contributed by atoms with E-state index in [0.717, 1.165) is 18.5 Å². The van der Waals surface area contributed by atoms with Gasteiger partial charge >= 0.3 is 0 Å². The van der Waals surface area contributed by atoms with E-state index >= 15 is 0 Å². The number of aryl methyl sites for hydroxylation is 1. The highest BCUT2D eigenvalue weighted by atomic mass is 32.2. The van der Waals surface area contributed by atoms with E-state index in [4.69, 9.17) is 0 Å². The molecule has 0 saturated carbocycles. The minimum atomic E-state index is -3.45. The van der Waals surface area contributed by atoms with Crippen LogP contribution in [0.5, 0.6) is 0 Å². The number of nitrogens with one attached hydrogen (secondary N) is 1. The van der Waals surface area contributed by atoms with Crippen LogP contribution in [-0.4, -0.2) is 36.3 Å². The molecule has 22 heavy (non-hydrogen) atoms. The van der Waals surface area contributed by atoms with Gasteiger partial charge in [-0.1, -0.05) is 6.07 Å². The van der Waals surface area contributed by atoms with Crippen LogP contribution in [0.2, 0.25) is 0 Å². The molecule has 0 spiro atoms. The Morgan fingerprint density at radius 2 is 2.23 bits per heavy atom. The van der Waals surface area contributed by atoms with E-state index in [1.54, 1.807) is 28.9 Å². The van der Waals surface area contributed by atoms with Crippen molar-refractivity contribution in [2.45, 2.75) is 30.0 Å². The van der Waals surface area contributed by atoms with Gasteiger partial charge in [-0.25, -0.2) is 18.4 Å². The average molecular weight is 338 g/mol. The van der Waals surface area contributed by atoms with Gasteiger partial charge in [0.25, 0.3) is 10.0 Å². The molecule has 0 bridgehead atoms. The first kappa shape index (κ1) is 15.4. The molecule has 0 amide bonds. The second kappa shape index (κ2) is 5.94. The van der Waals surface area contributed by atoms with Gasteiger partial charge in [0.15, 0.2) is 0 Å². The summed E-state index contributed by atoms with van der Waals surface area (Å²) in [6.07, 6.45) is 1.62. The molecule has 1 saturated heterocycles. The number of sulfonamides is 1. The van der Waals surface area contributed by atoms with Crippen LogP contribution in [0.15, 0.2) is 27.8 Å². The molecule has 1 N–H and O–H groups in total. The first-order chi connectivity index (χ1) is 10.5. The van der Waals surface area contributed by atoms with Gasteiger partial charge in [-0.2, -0.15) is 4.31 Å². The van der Waals surface area contributed by atoms with Gasteiger partial charge in [0.2, 0.25) is 0 Å². The van der Waals surface area contributed by atoms with E-state index in [0.29, 0.717) is 22.4 Å². The minimum absolute atomic E-state index is 0.221. The SMILES string of the molecule is CNc1cc(C2CCCN2S(=O)(=O)c2cccs2)nc(C)n1. The number of thiophene rings is 1. The van der Waals surface area contributed by atoms with Crippen molar-refractivity contribution in [3.05, 3.63) is 35.1 Å². The van der Waals surface area contributed by atoms with E-state index in [1.807, 2.05) is 13.0 Å². The maximum atomic E-state index is 12.8. The average Bonchev–Trinajstić information content (AvgIpc) is 3.18. The fourth-order valence-electron chi connectivity index (χ4n) is 2.74. The van der Waals surface area contributed by atoms with E-state index < -0.39 is 10.0 Å². The van der Waals surface area contributed by atoms with Crippen molar-refractivity contribution in [3.8, 4) is 0 Å². The Bertz CT molecular complexity index is 759. The second-order valence-corrected chi connectivity index (χ2v) is 8.25. The predicted octanol–water partition coefficient (Wildman–Crippen LogP) is 2.41. The molecule has 0 aliphatic carbocycles. The molecule has 2 aromatic rings. The number of anilines is 1. The molecule has 118 valence electrons. The third kappa shape index (κ3) is 2.73. The quantitative estimate of drug-likeness (QED) is 0.926. The molecule has 8 heteroatoms. The minimum Gasteiger partial charge on any atom is -0.373 e. The summed E-state index contributed by atoms with van der Waals surface area (Å²) in [7, 11) is -1.66. The number of nitrogens with zero attached hydrogens (tertiary/aromatic N) is 3. The second-order valence-electron chi connectivity index (χ2n) is 5.18. The van der Waals surface area contributed by atoms with Gasteiger partial charge in [0.05, 0.1) is 11.7 Å². The van der Waals surface area contributed by atoms with E-state index in [9.17, 15) is 8.42 Å². The van der Waals surface area contributed by atoms with Crippen molar-refractivity contribution in [2.75, 3.05) is 18.9 Å². The van der Waals surface area contributed by atoms with Gasteiger partial charge in [0.1, 0.15) is 15.9 Å². The summed E-state index contributed by atoms with van der Waals surface area (Å²) in [5, 5.41) is 4.78. The predicted molar refractivity (Wildman–Crippen MR) is 86.5 cm³/mol. The first-order valence-corrected chi connectivity index (χ1v) is 9.43. The Morgan fingerprint density at radius 1 is 1.41 bits per heavy atom. The molecule has 3 heterocycles. The molecule has 6 nitrogen and oxygen atoms in total. The van der Waals surface area contributed by atoms with Crippen molar-refractivity contribution in [1.29, 1.82) is 0 Å². The topological polar surface area (TPSA) is 75.2 Å². The van der Waals surface area contributed by atoms with E-state index in [1.165, 1.54) is 11.3 Å². The van der Waals surface area contributed by atoms with Crippen LogP contribution < -0.4 is 5.32 Å². The van der Waals surface area contributed by atoms with Crippen LogP contribution in [0, 0.1) is 6.92 Å².